The molecule has 3 heteroatoms. The van der Waals surface area contributed by atoms with E-state index in [4.69, 9.17) is 9.52 Å². The standard InChI is InChI=1S/C11H17NO2/c1-8(6-13)10-7-14-11(12-10)9-4-2-3-5-9/h7-9,13H,2-6H2,1H3. The van der Waals surface area contributed by atoms with Gasteiger partial charge in [0, 0.05) is 11.8 Å². The van der Waals surface area contributed by atoms with Crippen molar-refractivity contribution >= 4 is 0 Å². The zero-order valence-corrected chi connectivity index (χ0v) is 8.57. The van der Waals surface area contributed by atoms with Crippen molar-refractivity contribution in [1.29, 1.82) is 0 Å². The lowest BCUT2D eigenvalue weighted by Gasteiger charge is -2.02. The minimum Gasteiger partial charge on any atom is -0.448 e. The van der Waals surface area contributed by atoms with E-state index in [0.717, 1.165) is 11.6 Å². The van der Waals surface area contributed by atoms with Crippen LogP contribution in [-0.4, -0.2) is 16.7 Å². The molecule has 78 valence electrons. The minimum absolute atomic E-state index is 0.0916. The van der Waals surface area contributed by atoms with Crippen LogP contribution < -0.4 is 0 Å². The maximum atomic E-state index is 8.98. The molecule has 0 bridgehead atoms. The molecular formula is C11H17NO2. The molecule has 0 radical (unpaired) electrons. The summed E-state index contributed by atoms with van der Waals surface area (Å²) in [4.78, 5) is 4.44. The number of oxazole rings is 1. The molecule has 1 aromatic rings. The molecule has 0 saturated heterocycles. The highest BCUT2D eigenvalue weighted by molar-refractivity contribution is 5.06. The topological polar surface area (TPSA) is 46.3 Å². The first-order valence-electron chi connectivity index (χ1n) is 5.37. The second-order valence-corrected chi connectivity index (χ2v) is 4.18. The number of rotatable bonds is 3. The molecule has 1 aromatic heterocycles. The molecule has 1 aliphatic carbocycles. The van der Waals surface area contributed by atoms with E-state index in [0.29, 0.717) is 5.92 Å². The predicted octanol–water partition coefficient (Wildman–Crippen LogP) is 2.43. The predicted molar refractivity (Wildman–Crippen MR) is 53.2 cm³/mol. The van der Waals surface area contributed by atoms with E-state index >= 15 is 0 Å². The molecule has 0 spiro atoms. The Morgan fingerprint density at radius 3 is 2.93 bits per heavy atom. The Morgan fingerprint density at radius 1 is 1.57 bits per heavy atom. The van der Waals surface area contributed by atoms with Gasteiger partial charge in [0.05, 0.1) is 12.3 Å². The van der Waals surface area contributed by atoms with Crippen LogP contribution in [0.3, 0.4) is 0 Å². The molecule has 1 saturated carbocycles. The summed E-state index contributed by atoms with van der Waals surface area (Å²) in [6.07, 6.45) is 6.67. The zero-order chi connectivity index (χ0) is 9.97. The lowest BCUT2D eigenvalue weighted by atomic mass is 10.1. The molecule has 1 atom stereocenters. The normalized spacial score (nSPS) is 20.1. The Kier molecular flexibility index (Phi) is 2.87. The quantitative estimate of drug-likeness (QED) is 0.805. The summed E-state index contributed by atoms with van der Waals surface area (Å²) in [6.45, 7) is 2.09. The molecule has 1 fully saturated rings. The van der Waals surface area contributed by atoms with Gasteiger partial charge < -0.3 is 9.52 Å². The highest BCUT2D eigenvalue weighted by Crippen LogP contribution is 2.33. The minimum atomic E-state index is 0.0916. The van der Waals surface area contributed by atoms with Crippen molar-refractivity contribution < 1.29 is 9.52 Å². The van der Waals surface area contributed by atoms with Crippen LogP contribution in [0.2, 0.25) is 0 Å². The molecule has 0 aromatic carbocycles. The van der Waals surface area contributed by atoms with Crippen LogP contribution in [0.5, 0.6) is 0 Å². The average Bonchev–Trinajstić information content (AvgIpc) is 2.86. The van der Waals surface area contributed by atoms with Gasteiger partial charge in [0.2, 0.25) is 0 Å². The smallest absolute Gasteiger partial charge is 0.197 e. The molecule has 14 heavy (non-hydrogen) atoms. The molecule has 1 unspecified atom stereocenters. The highest BCUT2D eigenvalue weighted by atomic mass is 16.3. The number of aliphatic hydroxyl groups excluding tert-OH is 1. The number of hydrogen-bond acceptors (Lipinski definition) is 3. The van der Waals surface area contributed by atoms with E-state index in [2.05, 4.69) is 4.98 Å². The molecular weight excluding hydrogens is 178 g/mol. The van der Waals surface area contributed by atoms with Crippen LogP contribution >= 0.6 is 0 Å². The van der Waals surface area contributed by atoms with Gasteiger partial charge in [-0.2, -0.15) is 0 Å². The largest absolute Gasteiger partial charge is 0.448 e. The van der Waals surface area contributed by atoms with Crippen LogP contribution in [0, 0.1) is 0 Å². The summed E-state index contributed by atoms with van der Waals surface area (Å²) in [5.74, 6) is 1.49. The van der Waals surface area contributed by atoms with Gasteiger partial charge in [-0.3, -0.25) is 0 Å². The van der Waals surface area contributed by atoms with Crippen molar-refractivity contribution in [1.82, 2.24) is 4.98 Å². The van der Waals surface area contributed by atoms with Crippen molar-refractivity contribution in [3.8, 4) is 0 Å². The zero-order valence-electron chi connectivity index (χ0n) is 8.57. The Hall–Kier alpha value is -0.830. The van der Waals surface area contributed by atoms with Gasteiger partial charge in [-0.1, -0.05) is 19.8 Å². The summed E-state index contributed by atoms with van der Waals surface area (Å²) in [5.41, 5.74) is 0.884. The van der Waals surface area contributed by atoms with Crippen LogP contribution in [-0.2, 0) is 0 Å². The Bertz CT molecular complexity index is 289. The lowest BCUT2D eigenvalue weighted by molar-refractivity contribution is 0.271. The fraction of sp³-hybridized carbons (Fsp3) is 0.727. The van der Waals surface area contributed by atoms with Crippen LogP contribution in [0.25, 0.3) is 0 Å². The first-order chi connectivity index (χ1) is 6.81. The summed E-state index contributed by atoms with van der Waals surface area (Å²) >= 11 is 0. The third kappa shape index (κ3) is 1.82. The van der Waals surface area contributed by atoms with E-state index in [1.54, 1.807) is 6.26 Å². The first kappa shape index (κ1) is 9.71. The second kappa shape index (κ2) is 4.13. The van der Waals surface area contributed by atoms with Gasteiger partial charge in [-0.15, -0.1) is 0 Å². The maximum absolute atomic E-state index is 8.98. The SMILES string of the molecule is CC(CO)c1coc(C2CCCC2)n1. The van der Waals surface area contributed by atoms with Crippen LogP contribution in [0.4, 0.5) is 0 Å². The van der Waals surface area contributed by atoms with Crippen molar-refractivity contribution in [2.24, 2.45) is 0 Å². The van der Waals surface area contributed by atoms with Gasteiger partial charge >= 0.3 is 0 Å². The van der Waals surface area contributed by atoms with Gasteiger partial charge in [-0.25, -0.2) is 4.98 Å². The molecule has 1 N–H and O–H groups in total. The van der Waals surface area contributed by atoms with Crippen molar-refractivity contribution in [2.75, 3.05) is 6.61 Å². The van der Waals surface area contributed by atoms with Crippen molar-refractivity contribution in [3.05, 3.63) is 17.8 Å². The number of aromatic nitrogens is 1. The Morgan fingerprint density at radius 2 is 2.29 bits per heavy atom. The van der Waals surface area contributed by atoms with E-state index in [1.165, 1.54) is 25.7 Å². The Labute approximate surface area is 84.2 Å². The van der Waals surface area contributed by atoms with Gasteiger partial charge in [0.25, 0.3) is 0 Å². The van der Waals surface area contributed by atoms with Crippen molar-refractivity contribution in [2.45, 2.75) is 44.4 Å². The molecule has 1 aliphatic rings. The summed E-state index contributed by atoms with van der Waals surface area (Å²) < 4.78 is 5.45. The average molecular weight is 195 g/mol. The summed E-state index contributed by atoms with van der Waals surface area (Å²) in [5, 5.41) is 8.98. The summed E-state index contributed by atoms with van der Waals surface area (Å²) in [7, 11) is 0. The lowest BCUT2D eigenvalue weighted by Crippen LogP contribution is -2.00. The number of aliphatic hydroxyl groups is 1. The van der Waals surface area contributed by atoms with Gasteiger partial charge in [0.1, 0.15) is 6.26 Å². The fourth-order valence-corrected chi connectivity index (χ4v) is 1.98. The first-order valence-corrected chi connectivity index (χ1v) is 5.37. The molecule has 2 rings (SSSR count). The van der Waals surface area contributed by atoms with Gasteiger partial charge in [0.15, 0.2) is 5.89 Å². The highest BCUT2D eigenvalue weighted by Gasteiger charge is 2.22. The fourth-order valence-electron chi connectivity index (χ4n) is 1.98. The number of nitrogens with zero attached hydrogens (tertiary/aromatic N) is 1. The summed E-state index contributed by atoms with van der Waals surface area (Å²) in [6, 6.07) is 0. The van der Waals surface area contributed by atoms with E-state index in [-0.39, 0.29) is 12.5 Å². The maximum Gasteiger partial charge on any atom is 0.197 e. The molecule has 1 heterocycles. The Balaban J connectivity index is 2.08. The monoisotopic (exact) mass is 195 g/mol. The van der Waals surface area contributed by atoms with Crippen LogP contribution in [0.1, 0.15) is 56.0 Å². The van der Waals surface area contributed by atoms with E-state index < -0.39 is 0 Å². The van der Waals surface area contributed by atoms with Crippen molar-refractivity contribution in [3.63, 3.8) is 0 Å². The second-order valence-electron chi connectivity index (χ2n) is 4.18. The molecule has 0 aliphatic heterocycles. The number of hydrogen-bond donors (Lipinski definition) is 1. The third-order valence-corrected chi connectivity index (χ3v) is 3.02. The van der Waals surface area contributed by atoms with E-state index in [1.807, 2.05) is 6.92 Å². The molecule has 3 nitrogen and oxygen atoms in total. The van der Waals surface area contributed by atoms with Gasteiger partial charge in [-0.05, 0) is 12.8 Å². The van der Waals surface area contributed by atoms with E-state index in [9.17, 15) is 0 Å². The third-order valence-electron chi connectivity index (χ3n) is 3.02. The molecule has 0 amide bonds. The van der Waals surface area contributed by atoms with Crippen LogP contribution in [0.15, 0.2) is 10.7 Å².